The molecule has 1 saturated carbocycles. The lowest BCUT2D eigenvalue weighted by atomic mass is 9.77. The molecule has 0 aromatic carbocycles. The van der Waals surface area contributed by atoms with Crippen molar-refractivity contribution < 1.29 is 0 Å². The first-order valence-corrected chi connectivity index (χ1v) is 9.82. The van der Waals surface area contributed by atoms with E-state index in [-0.39, 0.29) is 0 Å². The van der Waals surface area contributed by atoms with Crippen molar-refractivity contribution in [3.63, 3.8) is 0 Å². The van der Waals surface area contributed by atoms with Crippen molar-refractivity contribution in [3.8, 4) is 0 Å². The number of hydrogen-bond acceptors (Lipinski definition) is 3. The molecule has 1 saturated heterocycles. The average molecular weight is 300 g/mol. The Labute approximate surface area is 127 Å². The van der Waals surface area contributed by atoms with E-state index in [0.29, 0.717) is 6.04 Å². The largest absolute Gasteiger partial charge is 0.310 e. The van der Waals surface area contributed by atoms with Crippen LogP contribution in [0.5, 0.6) is 0 Å². The van der Waals surface area contributed by atoms with Gasteiger partial charge in [0.2, 0.25) is 0 Å². The van der Waals surface area contributed by atoms with E-state index in [4.69, 9.17) is 0 Å². The second kappa shape index (κ2) is 7.42. The summed E-state index contributed by atoms with van der Waals surface area (Å²) in [6.45, 7) is 10.9. The minimum Gasteiger partial charge on any atom is -0.310 e. The summed E-state index contributed by atoms with van der Waals surface area (Å²) in [7, 11) is 0. The van der Waals surface area contributed by atoms with Gasteiger partial charge in [-0.2, -0.15) is 23.5 Å². The van der Waals surface area contributed by atoms with Crippen LogP contribution in [0.1, 0.15) is 46.5 Å². The summed E-state index contributed by atoms with van der Waals surface area (Å²) in [6, 6.07) is 1.47. The molecule has 0 radical (unpaired) electrons. The van der Waals surface area contributed by atoms with Gasteiger partial charge in [0.15, 0.2) is 0 Å². The predicted molar refractivity (Wildman–Crippen MR) is 91.3 cm³/mol. The lowest BCUT2D eigenvalue weighted by molar-refractivity contribution is 0.244. The smallest absolute Gasteiger partial charge is 0.0330 e. The third-order valence-corrected chi connectivity index (χ3v) is 7.13. The zero-order chi connectivity index (χ0) is 13.8. The molecule has 1 aliphatic carbocycles. The second-order valence-electron chi connectivity index (χ2n) is 5.97. The monoisotopic (exact) mass is 299 g/mol. The summed E-state index contributed by atoms with van der Waals surface area (Å²) >= 11 is 4.35. The van der Waals surface area contributed by atoms with E-state index < -0.39 is 0 Å². The van der Waals surface area contributed by atoms with E-state index >= 15 is 0 Å². The van der Waals surface area contributed by atoms with Crippen molar-refractivity contribution >= 4 is 23.5 Å². The Hall–Kier alpha value is 0.400. The molecule has 19 heavy (non-hydrogen) atoms. The van der Waals surface area contributed by atoms with Crippen LogP contribution in [-0.4, -0.2) is 33.6 Å². The fourth-order valence-electron chi connectivity index (χ4n) is 3.30. The van der Waals surface area contributed by atoms with Gasteiger partial charge in [-0.1, -0.05) is 26.3 Å². The van der Waals surface area contributed by atoms with Gasteiger partial charge in [-0.05, 0) is 37.9 Å². The number of fused-ring (bicyclic) bond motifs is 1. The van der Waals surface area contributed by atoms with Crippen LogP contribution in [0.25, 0.3) is 0 Å². The van der Waals surface area contributed by atoms with Gasteiger partial charge in [0.25, 0.3) is 0 Å². The van der Waals surface area contributed by atoms with Crippen LogP contribution in [0.2, 0.25) is 0 Å². The molecule has 6 unspecified atom stereocenters. The third-order valence-electron chi connectivity index (χ3n) is 4.45. The molecule has 6 atom stereocenters. The molecule has 0 amide bonds. The summed E-state index contributed by atoms with van der Waals surface area (Å²) in [5.74, 6) is 2.17. The topological polar surface area (TPSA) is 12.0 Å². The quantitative estimate of drug-likeness (QED) is 0.366. The molecule has 0 aromatic rings. The Balaban J connectivity index is 1.68. The number of allylic oxidation sites excluding steroid dienone is 1. The Kier molecular flexibility index (Phi) is 6.16. The van der Waals surface area contributed by atoms with Crippen LogP contribution in [0.4, 0.5) is 0 Å². The number of thioether (sulfide) groups is 2. The highest BCUT2D eigenvalue weighted by atomic mass is 32.2. The fourth-order valence-corrected chi connectivity index (χ4v) is 6.13. The molecule has 1 nitrogen and oxygen atoms in total. The lowest BCUT2D eigenvalue weighted by Gasteiger charge is -2.40. The Morgan fingerprint density at radius 1 is 1.32 bits per heavy atom. The number of nitrogens with one attached hydrogen (secondary N) is 1. The van der Waals surface area contributed by atoms with Crippen LogP contribution in [-0.2, 0) is 0 Å². The molecule has 0 spiro atoms. The first kappa shape index (κ1) is 15.8. The van der Waals surface area contributed by atoms with Crippen LogP contribution in [0.3, 0.4) is 0 Å². The highest BCUT2D eigenvalue weighted by Gasteiger charge is 2.64. The first-order valence-electron chi connectivity index (χ1n) is 7.83. The zero-order valence-corrected chi connectivity index (χ0v) is 14.2. The molecular formula is C16H29NS2. The van der Waals surface area contributed by atoms with Crippen molar-refractivity contribution in [2.45, 2.75) is 74.3 Å². The maximum atomic E-state index is 3.91. The van der Waals surface area contributed by atoms with E-state index in [1.54, 1.807) is 0 Å². The summed E-state index contributed by atoms with van der Waals surface area (Å²) in [5, 5.41) is 6.67. The van der Waals surface area contributed by atoms with Gasteiger partial charge in [0, 0.05) is 27.8 Å². The molecule has 110 valence electrons. The van der Waals surface area contributed by atoms with Gasteiger partial charge in [-0.15, -0.1) is 6.58 Å². The fraction of sp³-hybridized carbons (Fsp3) is 0.875. The Morgan fingerprint density at radius 3 is 2.79 bits per heavy atom. The van der Waals surface area contributed by atoms with Gasteiger partial charge in [0.1, 0.15) is 0 Å². The Morgan fingerprint density at radius 2 is 2.11 bits per heavy atom. The maximum absolute atomic E-state index is 3.91. The van der Waals surface area contributed by atoms with Crippen LogP contribution in [0.15, 0.2) is 12.7 Å². The molecule has 1 N–H and O–H groups in total. The molecule has 3 heteroatoms. The highest BCUT2D eigenvalue weighted by molar-refractivity contribution is 8.08. The predicted octanol–water partition coefficient (Wildman–Crippen LogP) is 4.33. The lowest BCUT2D eigenvalue weighted by Crippen LogP contribution is -2.57. The molecule has 0 aromatic heterocycles. The third kappa shape index (κ3) is 3.95. The van der Waals surface area contributed by atoms with Crippen molar-refractivity contribution in [2.75, 3.05) is 5.75 Å². The van der Waals surface area contributed by atoms with Crippen molar-refractivity contribution in [3.05, 3.63) is 12.7 Å². The van der Waals surface area contributed by atoms with E-state index in [1.807, 2.05) is 6.08 Å². The van der Waals surface area contributed by atoms with Crippen molar-refractivity contribution in [1.82, 2.24) is 5.32 Å². The van der Waals surface area contributed by atoms with E-state index in [1.165, 1.54) is 31.4 Å². The molecular weight excluding hydrogens is 270 g/mol. The molecule has 0 bridgehead atoms. The van der Waals surface area contributed by atoms with Gasteiger partial charge in [-0.3, -0.25) is 0 Å². The van der Waals surface area contributed by atoms with Crippen LogP contribution in [0, 0.1) is 5.92 Å². The van der Waals surface area contributed by atoms with Crippen molar-refractivity contribution in [1.29, 1.82) is 0 Å². The minimum atomic E-state index is 0.679. The normalized spacial score (nSPS) is 35.1. The van der Waals surface area contributed by atoms with Crippen LogP contribution >= 0.6 is 23.5 Å². The van der Waals surface area contributed by atoms with Gasteiger partial charge >= 0.3 is 0 Å². The van der Waals surface area contributed by atoms with E-state index in [9.17, 15) is 0 Å². The molecule has 1 heterocycles. The van der Waals surface area contributed by atoms with Gasteiger partial charge in [0.05, 0.1) is 0 Å². The van der Waals surface area contributed by atoms with Gasteiger partial charge in [-0.25, -0.2) is 0 Å². The number of hydrogen-bond donors (Lipinski definition) is 1. The van der Waals surface area contributed by atoms with E-state index in [2.05, 4.69) is 56.2 Å². The van der Waals surface area contributed by atoms with Crippen molar-refractivity contribution in [2.24, 2.45) is 5.92 Å². The second-order valence-corrected chi connectivity index (χ2v) is 8.98. The minimum absolute atomic E-state index is 0.679. The molecule has 2 aliphatic rings. The first-order chi connectivity index (χ1) is 9.19. The van der Waals surface area contributed by atoms with E-state index in [0.717, 1.165) is 27.7 Å². The summed E-state index contributed by atoms with van der Waals surface area (Å²) in [6.07, 6.45) is 7.15. The number of unbranched alkanes of at least 4 members (excludes halogenated alkanes) is 2. The zero-order valence-electron chi connectivity index (χ0n) is 12.6. The summed E-state index contributed by atoms with van der Waals surface area (Å²) < 4.78 is 0. The number of rotatable bonds is 10. The summed E-state index contributed by atoms with van der Waals surface area (Å²) in [5.41, 5.74) is 0. The Bertz CT molecular complexity index is 294. The summed E-state index contributed by atoms with van der Waals surface area (Å²) in [4.78, 5) is 0. The van der Waals surface area contributed by atoms with Gasteiger partial charge < -0.3 is 5.32 Å². The average Bonchev–Trinajstić information content (AvgIpc) is 3.06. The molecule has 2 rings (SSSR count). The molecule has 2 fully saturated rings. The standard InChI is InChI=1S/C16H29NS2/c1-5-7-8-9-10-11(3)17-14-13(12(4)18-6-2)15-16(14)19-15/h5,11-17H,1,6-10H2,2-4H3. The molecule has 1 aliphatic heterocycles. The SMILES string of the molecule is C=CCCCCC(C)NC1C2SC2C1C(C)SCC. The van der Waals surface area contributed by atoms with Crippen LogP contribution < -0.4 is 5.32 Å². The highest BCUT2D eigenvalue weighted by Crippen LogP contribution is 2.62. The maximum Gasteiger partial charge on any atom is 0.0330 e.